The number of carbonyl (C=O) groups is 2. The minimum atomic E-state index is -0.813. The molecule has 0 aliphatic rings. The molecule has 0 aromatic carbocycles. The Morgan fingerprint density at radius 2 is 1.64 bits per heavy atom. The van der Waals surface area contributed by atoms with Crippen LogP contribution in [0.15, 0.2) is 0 Å². The van der Waals surface area contributed by atoms with Gasteiger partial charge in [0, 0.05) is 0 Å². The Balaban J connectivity index is 4.09. The fraction of sp³-hybridized carbons (Fsp3) is 0.800. The molecule has 0 radical (unpaired) electrons. The summed E-state index contributed by atoms with van der Waals surface area (Å²) in [5.74, 6) is -2.08. The van der Waals surface area contributed by atoms with Crippen molar-refractivity contribution in [1.82, 2.24) is 0 Å². The van der Waals surface area contributed by atoms with Crippen LogP contribution in [0.1, 0.15) is 39.5 Å². The highest BCUT2D eigenvalue weighted by Gasteiger charge is 2.27. The summed E-state index contributed by atoms with van der Waals surface area (Å²) in [6.45, 7) is 3.94. The predicted molar refractivity (Wildman–Crippen MR) is 55.2 cm³/mol. The van der Waals surface area contributed by atoms with Crippen molar-refractivity contribution in [2.75, 3.05) is 0 Å². The summed E-state index contributed by atoms with van der Waals surface area (Å²) in [7, 11) is 0. The highest BCUT2D eigenvalue weighted by atomic mass is 16.2. The van der Waals surface area contributed by atoms with E-state index in [9.17, 15) is 9.59 Å². The van der Waals surface area contributed by atoms with Crippen LogP contribution in [0.25, 0.3) is 0 Å². The first-order valence-electron chi connectivity index (χ1n) is 5.09. The largest absolute Gasteiger partial charge is 0.369 e. The lowest BCUT2D eigenvalue weighted by Gasteiger charge is -2.17. The molecule has 0 heterocycles. The summed E-state index contributed by atoms with van der Waals surface area (Å²) in [4.78, 5) is 21.9. The molecule has 0 saturated carbocycles. The molecule has 0 aromatic heterocycles. The SMILES string of the molecule is CCCCC[C@H](C)C(C(N)=O)C(N)=O. The van der Waals surface area contributed by atoms with Crippen molar-refractivity contribution >= 4 is 11.8 Å². The predicted octanol–water partition coefficient (Wildman–Crippen LogP) is 0.790. The molecule has 4 nitrogen and oxygen atoms in total. The molecule has 0 unspecified atom stereocenters. The molecule has 0 saturated heterocycles. The van der Waals surface area contributed by atoms with Gasteiger partial charge in [0.1, 0.15) is 5.92 Å². The minimum absolute atomic E-state index is 0.0449. The van der Waals surface area contributed by atoms with E-state index >= 15 is 0 Å². The summed E-state index contributed by atoms with van der Waals surface area (Å²) in [6, 6.07) is 0. The van der Waals surface area contributed by atoms with Gasteiger partial charge in [0.2, 0.25) is 11.8 Å². The molecule has 1 atom stereocenters. The minimum Gasteiger partial charge on any atom is -0.369 e. The van der Waals surface area contributed by atoms with E-state index in [2.05, 4.69) is 6.92 Å². The zero-order valence-corrected chi connectivity index (χ0v) is 8.95. The van der Waals surface area contributed by atoms with E-state index in [1.807, 2.05) is 6.92 Å². The van der Waals surface area contributed by atoms with Crippen LogP contribution < -0.4 is 11.5 Å². The Hall–Kier alpha value is -1.06. The molecular weight excluding hydrogens is 180 g/mol. The van der Waals surface area contributed by atoms with Gasteiger partial charge in [-0.2, -0.15) is 0 Å². The molecule has 0 bridgehead atoms. The van der Waals surface area contributed by atoms with Gasteiger partial charge in [0.25, 0.3) is 0 Å². The van der Waals surface area contributed by atoms with Gasteiger partial charge < -0.3 is 11.5 Å². The van der Waals surface area contributed by atoms with Gasteiger partial charge in [-0.3, -0.25) is 9.59 Å². The molecule has 4 N–H and O–H groups in total. The zero-order valence-electron chi connectivity index (χ0n) is 8.95. The summed E-state index contributed by atoms with van der Waals surface area (Å²) in [5, 5.41) is 0. The molecule has 0 fully saturated rings. The highest BCUT2D eigenvalue weighted by molar-refractivity contribution is 5.99. The van der Waals surface area contributed by atoms with Crippen molar-refractivity contribution in [3.63, 3.8) is 0 Å². The molecule has 0 aliphatic heterocycles. The van der Waals surface area contributed by atoms with Crippen molar-refractivity contribution in [3.05, 3.63) is 0 Å². The zero-order chi connectivity index (χ0) is 11.1. The second-order valence-corrected chi connectivity index (χ2v) is 3.76. The molecule has 82 valence electrons. The van der Waals surface area contributed by atoms with Crippen molar-refractivity contribution in [1.29, 1.82) is 0 Å². The van der Waals surface area contributed by atoms with Gasteiger partial charge in [-0.05, 0) is 12.3 Å². The summed E-state index contributed by atoms with van der Waals surface area (Å²) in [5.41, 5.74) is 10.2. The number of nitrogens with two attached hydrogens (primary N) is 2. The molecular formula is C10H20N2O2. The quantitative estimate of drug-likeness (QED) is 0.470. The van der Waals surface area contributed by atoms with E-state index < -0.39 is 17.7 Å². The Labute approximate surface area is 85.0 Å². The number of amides is 2. The molecule has 14 heavy (non-hydrogen) atoms. The van der Waals surface area contributed by atoms with Gasteiger partial charge in [-0.15, -0.1) is 0 Å². The van der Waals surface area contributed by atoms with Crippen LogP contribution in [-0.4, -0.2) is 11.8 Å². The maximum absolute atomic E-state index is 10.9. The van der Waals surface area contributed by atoms with Gasteiger partial charge in [0.05, 0.1) is 0 Å². The van der Waals surface area contributed by atoms with E-state index in [1.54, 1.807) is 0 Å². The Morgan fingerprint density at radius 1 is 1.14 bits per heavy atom. The molecule has 0 aromatic rings. The Bertz CT molecular complexity index is 190. The fourth-order valence-electron chi connectivity index (χ4n) is 1.58. The van der Waals surface area contributed by atoms with Crippen molar-refractivity contribution in [3.8, 4) is 0 Å². The average molecular weight is 200 g/mol. The van der Waals surface area contributed by atoms with Crippen molar-refractivity contribution in [2.45, 2.75) is 39.5 Å². The molecule has 0 rings (SSSR count). The maximum Gasteiger partial charge on any atom is 0.230 e. The summed E-state index contributed by atoms with van der Waals surface area (Å²) >= 11 is 0. The van der Waals surface area contributed by atoms with Crippen LogP contribution in [0.2, 0.25) is 0 Å². The first-order valence-corrected chi connectivity index (χ1v) is 5.09. The number of hydrogen-bond acceptors (Lipinski definition) is 2. The smallest absolute Gasteiger partial charge is 0.230 e. The van der Waals surface area contributed by atoms with Gasteiger partial charge in [0.15, 0.2) is 0 Å². The lowest BCUT2D eigenvalue weighted by molar-refractivity contribution is -0.133. The standard InChI is InChI=1S/C10H20N2O2/c1-3-4-5-6-7(2)8(9(11)13)10(12)14/h7-8H,3-6H2,1-2H3,(H2,11,13)(H2,12,14)/t7-/m0/s1. The van der Waals surface area contributed by atoms with E-state index in [-0.39, 0.29) is 5.92 Å². The van der Waals surface area contributed by atoms with Crippen LogP contribution in [0.3, 0.4) is 0 Å². The number of primary amides is 2. The number of hydrogen-bond donors (Lipinski definition) is 2. The van der Waals surface area contributed by atoms with Gasteiger partial charge in [-0.1, -0.05) is 33.1 Å². The third-order valence-electron chi connectivity index (χ3n) is 2.45. The number of rotatable bonds is 7. The Kier molecular flexibility index (Phi) is 5.92. The lowest BCUT2D eigenvalue weighted by atomic mass is 9.88. The summed E-state index contributed by atoms with van der Waals surface area (Å²) < 4.78 is 0. The first-order chi connectivity index (χ1) is 6.50. The van der Waals surface area contributed by atoms with Crippen LogP contribution >= 0.6 is 0 Å². The number of carbonyl (C=O) groups excluding carboxylic acids is 2. The third kappa shape index (κ3) is 4.25. The van der Waals surface area contributed by atoms with Crippen molar-refractivity contribution < 1.29 is 9.59 Å². The summed E-state index contributed by atoms with van der Waals surface area (Å²) in [6.07, 6.45) is 4.05. The van der Waals surface area contributed by atoms with Crippen LogP contribution in [0.5, 0.6) is 0 Å². The van der Waals surface area contributed by atoms with Crippen LogP contribution in [0, 0.1) is 11.8 Å². The molecule has 0 spiro atoms. The normalized spacial score (nSPS) is 12.8. The van der Waals surface area contributed by atoms with E-state index in [1.165, 1.54) is 0 Å². The molecule has 0 aliphatic carbocycles. The van der Waals surface area contributed by atoms with Gasteiger partial charge >= 0.3 is 0 Å². The Morgan fingerprint density at radius 3 is 2.00 bits per heavy atom. The van der Waals surface area contributed by atoms with Gasteiger partial charge in [-0.25, -0.2) is 0 Å². The van der Waals surface area contributed by atoms with Crippen LogP contribution in [-0.2, 0) is 9.59 Å². The molecule has 2 amide bonds. The average Bonchev–Trinajstić information content (AvgIpc) is 2.03. The van der Waals surface area contributed by atoms with Crippen molar-refractivity contribution in [2.24, 2.45) is 23.3 Å². The third-order valence-corrected chi connectivity index (χ3v) is 2.45. The van der Waals surface area contributed by atoms with E-state index in [0.717, 1.165) is 25.7 Å². The molecule has 4 heteroatoms. The highest BCUT2D eigenvalue weighted by Crippen LogP contribution is 2.18. The van der Waals surface area contributed by atoms with E-state index in [0.29, 0.717) is 0 Å². The second-order valence-electron chi connectivity index (χ2n) is 3.76. The second kappa shape index (κ2) is 6.40. The lowest BCUT2D eigenvalue weighted by Crippen LogP contribution is -2.39. The monoisotopic (exact) mass is 200 g/mol. The topological polar surface area (TPSA) is 86.2 Å². The maximum atomic E-state index is 10.9. The van der Waals surface area contributed by atoms with E-state index in [4.69, 9.17) is 11.5 Å². The first kappa shape index (κ1) is 12.9. The fourth-order valence-corrected chi connectivity index (χ4v) is 1.58. The number of unbranched alkanes of at least 4 members (excludes halogenated alkanes) is 2. The van der Waals surface area contributed by atoms with Crippen LogP contribution in [0.4, 0.5) is 0 Å².